The summed E-state index contributed by atoms with van der Waals surface area (Å²) >= 11 is 1.72. The maximum Gasteiger partial charge on any atom is 0.511 e. The normalized spacial score (nSPS) is 11.5. The predicted octanol–water partition coefficient (Wildman–Crippen LogP) is 8.14. The second-order valence-corrected chi connectivity index (χ2v) is 11.2. The van der Waals surface area contributed by atoms with Crippen molar-refractivity contribution in [1.82, 2.24) is 18.9 Å². The van der Waals surface area contributed by atoms with E-state index in [0.717, 1.165) is 69.0 Å². The number of hydrogen-bond acceptors (Lipinski definition) is 5. The van der Waals surface area contributed by atoms with Gasteiger partial charge < -0.3 is 14.4 Å². The van der Waals surface area contributed by atoms with Crippen LogP contribution < -0.4 is 4.74 Å². The highest BCUT2D eigenvalue weighted by molar-refractivity contribution is 7.17. The van der Waals surface area contributed by atoms with Crippen LogP contribution in [0.3, 0.4) is 0 Å². The molecule has 3 aromatic heterocycles. The number of aromatic nitrogens is 4. The van der Waals surface area contributed by atoms with Gasteiger partial charge in [-0.2, -0.15) is 0 Å². The Morgan fingerprint density at radius 2 is 1.77 bits per heavy atom. The third kappa shape index (κ3) is 4.86. The molecule has 0 spiro atoms. The molecule has 0 radical (unpaired) electrons. The van der Waals surface area contributed by atoms with E-state index >= 15 is 0 Å². The van der Waals surface area contributed by atoms with E-state index in [1.54, 1.807) is 23.5 Å². The molecule has 0 bridgehead atoms. The number of ether oxygens (including phenoxy) is 1. The van der Waals surface area contributed by atoms with Gasteiger partial charge >= 0.3 is 6.16 Å². The molecule has 6 rings (SSSR count). The number of carbonyl (C=O) groups is 1. The topological polar surface area (TPSA) is 81.7 Å². The third-order valence-corrected chi connectivity index (χ3v) is 8.43. The Morgan fingerprint density at radius 3 is 2.52 bits per heavy atom. The molecule has 3 aromatic carbocycles. The number of nitrogens with zero attached hydrogens (tertiary/aromatic N) is 4. The highest BCUT2D eigenvalue weighted by Crippen LogP contribution is 2.32. The van der Waals surface area contributed by atoms with Crippen molar-refractivity contribution in [3.63, 3.8) is 0 Å². The molecule has 0 aliphatic carbocycles. The maximum atomic E-state index is 11.1. The van der Waals surface area contributed by atoms with Crippen LogP contribution in [0.1, 0.15) is 41.7 Å². The fourth-order valence-corrected chi connectivity index (χ4v) is 6.04. The summed E-state index contributed by atoms with van der Waals surface area (Å²) in [5.41, 5.74) is 8.12. The van der Waals surface area contributed by atoms with Crippen molar-refractivity contribution >= 4 is 33.5 Å². The van der Waals surface area contributed by atoms with Gasteiger partial charge in [0, 0.05) is 40.9 Å². The van der Waals surface area contributed by atoms with E-state index in [2.05, 4.69) is 66.3 Å². The fraction of sp³-hybridized carbons (Fsp3) is 0.219. The lowest BCUT2D eigenvalue weighted by Gasteiger charge is -2.12. The largest absolute Gasteiger partial charge is 0.511 e. The van der Waals surface area contributed by atoms with Gasteiger partial charge in [0.2, 0.25) is 0 Å². The van der Waals surface area contributed by atoms with Crippen LogP contribution in [0.2, 0.25) is 0 Å². The molecule has 0 amide bonds. The van der Waals surface area contributed by atoms with E-state index < -0.39 is 6.16 Å². The zero-order valence-corrected chi connectivity index (χ0v) is 23.5. The number of rotatable bonds is 8. The van der Waals surface area contributed by atoms with Crippen LogP contribution in [0.15, 0.2) is 72.9 Å². The summed E-state index contributed by atoms with van der Waals surface area (Å²) < 4.78 is 9.48. The molecule has 1 N–H and O–H groups in total. The average molecular weight is 551 g/mol. The number of hydrogen-bond donors (Lipinski definition) is 1. The van der Waals surface area contributed by atoms with E-state index in [0.29, 0.717) is 12.3 Å². The standard InChI is InChI=1S/C32H30N4O3S/c1-4-5-10-30-33-26-16-15-24(27-19-35-20(2)21(3)40-31(35)34-27)17-28(26)36(30)18-22-11-13-23(14-12-22)25-8-6-7-9-29(25)39-32(37)38/h6-9,11-17,19H,4-5,10,18H2,1-3H3,(H,37,38). The zero-order valence-electron chi connectivity index (χ0n) is 22.7. The van der Waals surface area contributed by atoms with Crippen molar-refractivity contribution in [1.29, 1.82) is 0 Å². The first kappa shape index (κ1) is 25.8. The fourth-order valence-electron chi connectivity index (χ4n) is 5.09. The van der Waals surface area contributed by atoms with Gasteiger partial charge in [-0.15, -0.1) is 11.3 Å². The van der Waals surface area contributed by atoms with Crippen molar-refractivity contribution in [3.05, 3.63) is 94.9 Å². The Balaban J connectivity index is 1.36. The van der Waals surface area contributed by atoms with E-state index in [1.165, 1.54) is 10.6 Å². The molecule has 202 valence electrons. The average Bonchev–Trinajstić information content (AvgIpc) is 3.60. The van der Waals surface area contributed by atoms with E-state index in [4.69, 9.17) is 19.8 Å². The monoisotopic (exact) mass is 550 g/mol. The molecular formula is C32H30N4O3S. The van der Waals surface area contributed by atoms with Crippen LogP contribution in [0.4, 0.5) is 4.79 Å². The summed E-state index contributed by atoms with van der Waals surface area (Å²) in [4.78, 5) is 23.4. The smallest absolute Gasteiger partial charge is 0.449 e. The summed E-state index contributed by atoms with van der Waals surface area (Å²) in [6.07, 6.45) is 3.89. The number of unbranched alkanes of at least 4 members (excludes halogenated alkanes) is 1. The zero-order chi connectivity index (χ0) is 27.8. The minimum atomic E-state index is -1.32. The number of para-hydroxylation sites is 1. The van der Waals surface area contributed by atoms with Crippen LogP contribution in [0.5, 0.6) is 5.75 Å². The van der Waals surface area contributed by atoms with Crippen molar-refractivity contribution in [3.8, 4) is 28.1 Å². The highest BCUT2D eigenvalue weighted by Gasteiger charge is 2.16. The number of aryl methyl sites for hydroxylation is 3. The van der Waals surface area contributed by atoms with Crippen LogP contribution in [0.25, 0.3) is 38.4 Å². The molecule has 0 aliphatic rings. The lowest BCUT2D eigenvalue weighted by molar-refractivity contribution is 0.144. The van der Waals surface area contributed by atoms with Gasteiger partial charge in [0.15, 0.2) is 4.96 Å². The number of fused-ring (bicyclic) bond motifs is 2. The van der Waals surface area contributed by atoms with Crippen molar-refractivity contribution in [2.75, 3.05) is 0 Å². The molecule has 0 saturated carbocycles. The van der Waals surface area contributed by atoms with Gasteiger partial charge in [-0.1, -0.05) is 61.9 Å². The second-order valence-electron chi connectivity index (χ2n) is 10.0. The van der Waals surface area contributed by atoms with Crippen molar-refractivity contribution in [2.45, 2.75) is 46.6 Å². The Bertz CT molecular complexity index is 1850. The third-order valence-electron chi connectivity index (χ3n) is 7.36. The van der Waals surface area contributed by atoms with Crippen LogP contribution in [-0.2, 0) is 13.0 Å². The molecule has 0 atom stereocenters. The first-order valence-corrected chi connectivity index (χ1v) is 14.3. The molecule has 0 saturated heterocycles. The molecule has 0 unspecified atom stereocenters. The molecule has 6 aromatic rings. The number of benzene rings is 3. The minimum absolute atomic E-state index is 0.322. The summed E-state index contributed by atoms with van der Waals surface area (Å²) in [6, 6.07) is 21.8. The molecular weight excluding hydrogens is 520 g/mol. The van der Waals surface area contributed by atoms with Gasteiger partial charge in [-0.3, -0.25) is 4.40 Å². The molecule has 40 heavy (non-hydrogen) atoms. The number of thiazole rings is 1. The van der Waals surface area contributed by atoms with Crippen LogP contribution in [0, 0.1) is 13.8 Å². The van der Waals surface area contributed by atoms with Crippen molar-refractivity contribution < 1.29 is 14.6 Å². The highest BCUT2D eigenvalue weighted by atomic mass is 32.1. The first-order valence-electron chi connectivity index (χ1n) is 13.4. The SMILES string of the molecule is CCCCc1nc2ccc(-c3cn4c(C)c(C)sc4n3)cc2n1Cc1ccc(-c2ccccc2OC(=O)O)cc1. The summed E-state index contributed by atoms with van der Waals surface area (Å²) in [7, 11) is 0. The Morgan fingerprint density at radius 1 is 1.00 bits per heavy atom. The van der Waals surface area contributed by atoms with Gasteiger partial charge in [-0.25, -0.2) is 14.8 Å². The molecule has 8 heteroatoms. The van der Waals surface area contributed by atoms with Gasteiger partial charge in [0.1, 0.15) is 11.6 Å². The summed E-state index contributed by atoms with van der Waals surface area (Å²) in [6.45, 7) is 7.14. The Hall–Kier alpha value is -4.43. The lowest BCUT2D eigenvalue weighted by atomic mass is 10.0. The summed E-state index contributed by atoms with van der Waals surface area (Å²) in [5.74, 6) is 1.40. The molecule has 7 nitrogen and oxygen atoms in total. The summed E-state index contributed by atoms with van der Waals surface area (Å²) in [5, 5.41) is 9.11. The van der Waals surface area contributed by atoms with E-state index in [1.807, 2.05) is 24.3 Å². The van der Waals surface area contributed by atoms with E-state index in [-0.39, 0.29) is 0 Å². The molecule has 3 heterocycles. The number of carboxylic acid groups (broad SMARTS) is 1. The van der Waals surface area contributed by atoms with Gasteiger partial charge in [0.05, 0.1) is 16.7 Å². The lowest BCUT2D eigenvalue weighted by Crippen LogP contribution is -2.06. The molecule has 0 aliphatic heterocycles. The van der Waals surface area contributed by atoms with Gasteiger partial charge in [0.25, 0.3) is 0 Å². The quantitative estimate of drug-likeness (QED) is 0.153. The van der Waals surface area contributed by atoms with Gasteiger partial charge in [-0.05, 0) is 49.6 Å². The van der Waals surface area contributed by atoms with Crippen LogP contribution in [-0.4, -0.2) is 30.2 Å². The number of imidazole rings is 2. The first-order chi connectivity index (χ1) is 19.4. The Labute approximate surface area is 236 Å². The maximum absolute atomic E-state index is 11.1. The van der Waals surface area contributed by atoms with E-state index in [9.17, 15) is 4.79 Å². The Kier molecular flexibility index (Phi) is 6.86. The molecule has 0 fully saturated rings. The second kappa shape index (κ2) is 10.6. The van der Waals surface area contributed by atoms with Crippen LogP contribution >= 0.6 is 11.3 Å². The predicted molar refractivity (Wildman–Crippen MR) is 160 cm³/mol. The van der Waals surface area contributed by atoms with Crippen molar-refractivity contribution in [2.24, 2.45) is 0 Å². The minimum Gasteiger partial charge on any atom is -0.449 e.